The average molecular weight is 246 g/mol. The molecule has 1 heterocycles. The second kappa shape index (κ2) is 6.59. The summed E-state index contributed by atoms with van der Waals surface area (Å²) in [5, 5.41) is 8.89. The molecule has 0 bridgehead atoms. The fraction of sp³-hybridized carbons (Fsp3) is 0.286. The third-order valence-electron chi connectivity index (χ3n) is 2.54. The number of nitrogens with one attached hydrogen (secondary N) is 1. The molecule has 0 aliphatic carbocycles. The fourth-order valence-electron chi connectivity index (χ4n) is 1.64. The molecule has 0 radical (unpaired) electrons. The smallest absolute Gasteiger partial charge is 0.242 e. The van der Waals surface area contributed by atoms with Crippen LogP contribution in [0.25, 0.3) is 0 Å². The Morgan fingerprint density at radius 3 is 2.61 bits per heavy atom. The minimum atomic E-state index is -1.08. The molecule has 18 heavy (non-hydrogen) atoms. The van der Waals surface area contributed by atoms with Gasteiger partial charge in [-0.3, -0.25) is 4.98 Å². The van der Waals surface area contributed by atoms with Crippen LogP contribution in [0.5, 0.6) is 0 Å². The molecule has 0 amide bonds. The first kappa shape index (κ1) is 14.0. The van der Waals surface area contributed by atoms with Crippen LogP contribution in [0, 0.1) is 6.92 Å². The van der Waals surface area contributed by atoms with E-state index in [1.165, 1.54) is 11.1 Å². The minimum absolute atomic E-state index is 0.390. The second-order valence-corrected chi connectivity index (χ2v) is 4.14. The first-order chi connectivity index (χ1) is 8.50. The highest BCUT2D eigenvalue weighted by Crippen LogP contribution is 2.12. The summed E-state index contributed by atoms with van der Waals surface area (Å²) in [6.45, 7) is 5.29. The summed E-state index contributed by atoms with van der Waals surface area (Å²) in [6, 6.07) is 9.01. The SMILES string of the molecule is CC(=O)[O-].Cc1cccc(C(C)[n+]2cc[nH]c2)c1. The molecule has 0 aliphatic heterocycles. The van der Waals surface area contributed by atoms with Crippen LogP contribution in [0.4, 0.5) is 0 Å². The maximum atomic E-state index is 8.89. The van der Waals surface area contributed by atoms with E-state index in [0.29, 0.717) is 6.04 Å². The van der Waals surface area contributed by atoms with Gasteiger partial charge in [-0.1, -0.05) is 29.8 Å². The van der Waals surface area contributed by atoms with E-state index in [1.807, 2.05) is 18.7 Å². The number of aromatic amines is 1. The molecule has 96 valence electrons. The number of carbonyl (C=O) groups is 1. The van der Waals surface area contributed by atoms with E-state index in [9.17, 15) is 0 Å². The third-order valence-corrected chi connectivity index (χ3v) is 2.54. The van der Waals surface area contributed by atoms with Crippen molar-refractivity contribution in [1.29, 1.82) is 0 Å². The lowest BCUT2D eigenvalue weighted by Crippen LogP contribution is -2.35. The zero-order chi connectivity index (χ0) is 13.5. The summed E-state index contributed by atoms with van der Waals surface area (Å²) in [7, 11) is 0. The highest BCUT2D eigenvalue weighted by atomic mass is 16.4. The van der Waals surface area contributed by atoms with E-state index in [2.05, 4.69) is 47.7 Å². The summed E-state index contributed by atoms with van der Waals surface area (Å²) in [6.07, 6.45) is 5.96. The Labute approximate surface area is 107 Å². The molecule has 1 atom stereocenters. The molecular formula is C14H18N2O2. The van der Waals surface area contributed by atoms with E-state index >= 15 is 0 Å². The number of carboxylic acids is 1. The van der Waals surface area contributed by atoms with E-state index in [1.54, 1.807) is 0 Å². The topological polar surface area (TPSA) is 59.8 Å². The second-order valence-electron chi connectivity index (χ2n) is 4.14. The maximum Gasteiger partial charge on any atom is 0.242 e. The van der Waals surface area contributed by atoms with Gasteiger partial charge in [0.2, 0.25) is 6.33 Å². The van der Waals surface area contributed by atoms with Crippen LogP contribution in [0.15, 0.2) is 43.0 Å². The predicted octanol–water partition coefficient (Wildman–Crippen LogP) is 0.976. The summed E-state index contributed by atoms with van der Waals surface area (Å²) < 4.78 is 2.16. The van der Waals surface area contributed by atoms with Crippen molar-refractivity contribution in [2.45, 2.75) is 26.8 Å². The number of carboxylic acid groups (broad SMARTS) is 1. The van der Waals surface area contributed by atoms with Crippen LogP contribution < -0.4 is 9.67 Å². The predicted molar refractivity (Wildman–Crippen MR) is 66.7 cm³/mol. The fourth-order valence-corrected chi connectivity index (χ4v) is 1.64. The number of H-pyrrole nitrogens is 1. The monoisotopic (exact) mass is 246 g/mol. The van der Waals surface area contributed by atoms with Crippen molar-refractivity contribution < 1.29 is 14.5 Å². The van der Waals surface area contributed by atoms with Gasteiger partial charge in [0.25, 0.3) is 0 Å². The Bertz CT molecular complexity index is 488. The molecule has 0 saturated heterocycles. The van der Waals surface area contributed by atoms with Crippen molar-refractivity contribution >= 4 is 5.97 Å². The van der Waals surface area contributed by atoms with Gasteiger partial charge in [0.1, 0.15) is 18.4 Å². The number of aromatic nitrogens is 2. The number of hydrogen-bond donors (Lipinski definition) is 1. The zero-order valence-corrected chi connectivity index (χ0v) is 10.9. The van der Waals surface area contributed by atoms with Gasteiger partial charge in [-0.2, -0.15) is 0 Å². The molecule has 0 spiro atoms. The normalized spacial score (nSPS) is 11.3. The molecule has 2 aromatic rings. The first-order valence-electron chi connectivity index (χ1n) is 5.78. The molecule has 2 rings (SSSR count). The van der Waals surface area contributed by atoms with Crippen molar-refractivity contribution in [3.8, 4) is 0 Å². The Kier molecular flexibility index (Phi) is 5.11. The molecule has 1 unspecified atom stereocenters. The molecule has 1 aromatic carbocycles. The first-order valence-corrected chi connectivity index (χ1v) is 5.78. The molecule has 1 N–H and O–H groups in total. The van der Waals surface area contributed by atoms with Gasteiger partial charge < -0.3 is 9.90 Å². The summed E-state index contributed by atoms with van der Waals surface area (Å²) in [5.74, 6) is -1.08. The van der Waals surface area contributed by atoms with Gasteiger partial charge in [-0.15, -0.1) is 0 Å². The Hall–Kier alpha value is -2.10. The highest BCUT2D eigenvalue weighted by molar-refractivity contribution is 5.60. The summed E-state index contributed by atoms with van der Waals surface area (Å²) in [5.41, 5.74) is 2.65. The van der Waals surface area contributed by atoms with Crippen LogP contribution in [0.2, 0.25) is 0 Å². The molecule has 0 saturated carbocycles. The van der Waals surface area contributed by atoms with Crippen molar-refractivity contribution in [3.63, 3.8) is 0 Å². The number of nitrogens with zero attached hydrogens (tertiary/aromatic N) is 1. The number of carbonyl (C=O) groups excluding carboxylic acids is 1. The number of hydrogen-bond acceptors (Lipinski definition) is 2. The number of imidazole rings is 1. The van der Waals surface area contributed by atoms with Gasteiger partial charge in [0, 0.05) is 5.97 Å². The van der Waals surface area contributed by atoms with Crippen molar-refractivity contribution in [1.82, 2.24) is 4.98 Å². The Morgan fingerprint density at radius 2 is 2.11 bits per heavy atom. The van der Waals surface area contributed by atoms with Crippen LogP contribution in [0.1, 0.15) is 31.0 Å². The van der Waals surface area contributed by atoms with Gasteiger partial charge in [-0.05, 0) is 26.3 Å². The van der Waals surface area contributed by atoms with Gasteiger partial charge in [-0.25, -0.2) is 4.57 Å². The van der Waals surface area contributed by atoms with Crippen molar-refractivity contribution in [2.24, 2.45) is 0 Å². The molecule has 0 fully saturated rings. The van der Waals surface area contributed by atoms with Gasteiger partial charge >= 0.3 is 0 Å². The lowest BCUT2D eigenvalue weighted by atomic mass is 10.1. The van der Waals surface area contributed by atoms with E-state index in [4.69, 9.17) is 9.90 Å². The van der Waals surface area contributed by atoms with Crippen LogP contribution >= 0.6 is 0 Å². The van der Waals surface area contributed by atoms with E-state index < -0.39 is 5.97 Å². The summed E-state index contributed by atoms with van der Waals surface area (Å²) in [4.78, 5) is 11.9. The Balaban J connectivity index is 0.000000357. The molecule has 4 nitrogen and oxygen atoms in total. The number of benzene rings is 1. The molecule has 1 aromatic heterocycles. The van der Waals surface area contributed by atoms with Crippen LogP contribution in [-0.2, 0) is 4.79 Å². The average Bonchev–Trinajstić information content (AvgIpc) is 2.80. The quantitative estimate of drug-likeness (QED) is 0.803. The third kappa shape index (κ3) is 4.41. The standard InChI is InChI=1S/C12H14N2.C2H4O2/c1-10-4-3-5-12(8-10)11(2)14-7-6-13-9-14;1-2(3)4/h3-9,11H,1-2H3;1H3,(H,3,4). The number of rotatable bonds is 2. The highest BCUT2D eigenvalue weighted by Gasteiger charge is 2.11. The van der Waals surface area contributed by atoms with Crippen LogP contribution in [-0.4, -0.2) is 11.0 Å². The van der Waals surface area contributed by atoms with Crippen molar-refractivity contribution in [2.75, 3.05) is 0 Å². The zero-order valence-electron chi connectivity index (χ0n) is 10.9. The number of aryl methyl sites for hydroxylation is 1. The van der Waals surface area contributed by atoms with Gasteiger partial charge in [0.05, 0.1) is 0 Å². The maximum absolute atomic E-state index is 8.89. The molecule has 0 aliphatic rings. The minimum Gasteiger partial charge on any atom is -0.550 e. The van der Waals surface area contributed by atoms with Crippen molar-refractivity contribution in [3.05, 3.63) is 54.1 Å². The van der Waals surface area contributed by atoms with Gasteiger partial charge in [0.15, 0.2) is 0 Å². The number of aliphatic carboxylic acids is 1. The van der Waals surface area contributed by atoms with E-state index in [-0.39, 0.29) is 0 Å². The summed E-state index contributed by atoms with van der Waals surface area (Å²) >= 11 is 0. The van der Waals surface area contributed by atoms with E-state index in [0.717, 1.165) is 6.92 Å². The largest absolute Gasteiger partial charge is 0.550 e. The van der Waals surface area contributed by atoms with Crippen LogP contribution in [0.3, 0.4) is 0 Å². The lowest BCUT2D eigenvalue weighted by Gasteiger charge is -2.08. The molecule has 4 heteroatoms. The molecular weight excluding hydrogens is 228 g/mol. The lowest BCUT2D eigenvalue weighted by molar-refractivity contribution is -0.709. The Morgan fingerprint density at radius 1 is 1.44 bits per heavy atom.